The molecule has 0 saturated carbocycles. The SMILES string of the molecule is CCCCCCc1c(C)c2c(CCCCCC)c(CCCCCC)c3c(C)c(CCCCCC)c(CCCCCC)c4c(CCCCCC)c(CCCCCC)c(c1CCCCCC)c2c34. The van der Waals surface area contributed by atoms with Crippen LogP contribution in [0.1, 0.15) is 316 Å². The van der Waals surface area contributed by atoms with E-state index in [0.717, 1.165) is 0 Å². The lowest BCUT2D eigenvalue weighted by atomic mass is 9.71. The topological polar surface area (TPSA) is 0 Å². The number of hydrogen-bond acceptors (Lipinski definition) is 0. The molecule has 0 fully saturated rings. The molecule has 0 nitrogen and oxygen atoms in total. The van der Waals surface area contributed by atoms with Gasteiger partial charge in [-0.05, 0) is 205 Å². The monoisotopic (exact) mass is 903 g/mol. The summed E-state index contributed by atoms with van der Waals surface area (Å²) in [7, 11) is 0. The zero-order chi connectivity index (χ0) is 47.5. The first-order valence-electron chi connectivity index (χ1n) is 30.2. The number of hydrogen-bond donors (Lipinski definition) is 0. The van der Waals surface area contributed by atoms with Crippen LogP contribution in [0, 0.1) is 13.8 Å². The molecule has 0 saturated heterocycles. The van der Waals surface area contributed by atoms with Gasteiger partial charge in [-0.15, -0.1) is 0 Å². The molecule has 0 N–H and O–H groups in total. The second-order valence-electron chi connectivity index (χ2n) is 21.8. The van der Waals surface area contributed by atoms with E-state index >= 15 is 0 Å². The van der Waals surface area contributed by atoms with Crippen molar-refractivity contribution in [3.05, 3.63) is 55.6 Å². The molecule has 0 aliphatic carbocycles. The third-order valence-electron chi connectivity index (χ3n) is 16.4. The van der Waals surface area contributed by atoms with Crippen molar-refractivity contribution < 1.29 is 0 Å². The third-order valence-corrected chi connectivity index (χ3v) is 16.4. The van der Waals surface area contributed by atoms with Gasteiger partial charge in [0.05, 0.1) is 0 Å². The summed E-state index contributed by atoms with van der Waals surface area (Å²) in [6.45, 7) is 24.6. The number of benzene rings is 4. The largest absolute Gasteiger partial charge is 0.0654 e. The highest BCUT2D eigenvalue weighted by molar-refractivity contribution is 6.29. The van der Waals surface area contributed by atoms with Crippen molar-refractivity contribution in [2.45, 2.75) is 326 Å². The minimum atomic E-state index is 1.26. The Balaban J connectivity index is 2.40. The Kier molecular flexibility index (Phi) is 28.0. The van der Waals surface area contributed by atoms with Gasteiger partial charge >= 0.3 is 0 Å². The molecule has 0 atom stereocenters. The lowest BCUT2D eigenvalue weighted by Crippen LogP contribution is -2.14. The van der Waals surface area contributed by atoms with E-state index in [1.807, 2.05) is 44.2 Å². The summed E-state index contributed by atoms with van der Waals surface area (Å²) >= 11 is 0. The fraction of sp³-hybridized carbons (Fsp3) is 0.758. The molecular weight excluding hydrogens is 793 g/mol. The van der Waals surface area contributed by atoms with E-state index in [1.165, 1.54) is 257 Å². The van der Waals surface area contributed by atoms with Crippen LogP contribution in [0.2, 0.25) is 0 Å². The molecular formula is C66H110. The zero-order valence-corrected chi connectivity index (χ0v) is 46.3. The molecule has 66 heavy (non-hydrogen) atoms. The molecule has 0 aliphatic rings. The lowest BCUT2D eigenvalue weighted by Gasteiger charge is -2.32. The maximum atomic E-state index is 2.66. The molecule has 0 unspecified atom stereocenters. The Morgan fingerprint density at radius 3 is 0.530 bits per heavy atom. The van der Waals surface area contributed by atoms with Crippen LogP contribution in [-0.4, -0.2) is 0 Å². The molecule has 0 aromatic heterocycles. The smallest absolute Gasteiger partial charge is 0.00150 e. The molecule has 0 amide bonds. The molecule has 374 valence electrons. The van der Waals surface area contributed by atoms with Gasteiger partial charge < -0.3 is 0 Å². The highest BCUT2D eigenvalue weighted by atomic mass is 14.3. The number of rotatable bonds is 40. The van der Waals surface area contributed by atoms with Crippen LogP contribution in [0.3, 0.4) is 0 Å². The van der Waals surface area contributed by atoms with Crippen LogP contribution in [0.5, 0.6) is 0 Å². The van der Waals surface area contributed by atoms with Crippen molar-refractivity contribution in [3.63, 3.8) is 0 Å². The van der Waals surface area contributed by atoms with E-state index in [4.69, 9.17) is 0 Å². The van der Waals surface area contributed by atoms with Gasteiger partial charge in [0.15, 0.2) is 0 Å². The van der Waals surface area contributed by atoms with Crippen LogP contribution in [-0.2, 0) is 51.4 Å². The quantitative estimate of drug-likeness (QED) is 0.0308. The van der Waals surface area contributed by atoms with Crippen LogP contribution in [0.4, 0.5) is 0 Å². The van der Waals surface area contributed by atoms with Crippen LogP contribution in [0.15, 0.2) is 0 Å². The van der Waals surface area contributed by atoms with Crippen molar-refractivity contribution in [3.8, 4) is 0 Å². The summed E-state index contributed by atoms with van der Waals surface area (Å²) in [4.78, 5) is 0. The first-order chi connectivity index (χ1) is 32.4. The summed E-state index contributed by atoms with van der Waals surface area (Å²) in [5.74, 6) is 0. The predicted molar refractivity (Wildman–Crippen MR) is 302 cm³/mol. The van der Waals surface area contributed by atoms with E-state index in [9.17, 15) is 0 Å². The normalized spacial score (nSPS) is 12.1. The van der Waals surface area contributed by atoms with Gasteiger partial charge in [-0.3, -0.25) is 0 Å². The highest BCUT2D eigenvalue weighted by Crippen LogP contribution is 2.52. The van der Waals surface area contributed by atoms with Crippen molar-refractivity contribution in [2.24, 2.45) is 0 Å². The first-order valence-corrected chi connectivity index (χ1v) is 30.2. The van der Waals surface area contributed by atoms with Crippen LogP contribution >= 0.6 is 0 Å². The number of unbranched alkanes of at least 4 members (excludes halogenated alkanes) is 24. The second-order valence-corrected chi connectivity index (χ2v) is 21.8. The Labute approximate surface area is 412 Å². The van der Waals surface area contributed by atoms with Gasteiger partial charge in [-0.2, -0.15) is 0 Å². The average Bonchev–Trinajstić information content (AvgIpc) is 3.32. The Morgan fingerprint density at radius 1 is 0.167 bits per heavy atom. The molecule has 4 aromatic carbocycles. The summed E-state index contributed by atoms with van der Waals surface area (Å²) in [5, 5.41) is 10.7. The van der Waals surface area contributed by atoms with Crippen molar-refractivity contribution in [2.75, 3.05) is 0 Å². The van der Waals surface area contributed by atoms with Crippen molar-refractivity contribution in [1.82, 2.24) is 0 Å². The fourth-order valence-corrected chi connectivity index (χ4v) is 12.7. The molecule has 0 heteroatoms. The van der Waals surface area contributed by atoms with Gasteiger partial charge in [0.2, 0.25) is 0 Å². The Morgan fingerprint density at radius 2 is 0.333 bits per heavy atom. The zero-order valence-electron chi connectivity index (χ0n) is 46.3. The van der Waals surface area contributed by atoms with E-state index in [1.54, 1.807) is 43.8 Å². The molecule has 0 radical (unpaired) electrons. The minimum absolute atomic E-state index is 1.26. The Bertz CT molecular complexity index is 1780. The summed E-state index contributed by atoms with van der Waals surface area (Å²) in [6, 6.07) is 0. The lowest BCUT2D eigenvalue weighted by molar-refractivity contribution is 0.646. The summed E-state index contributed by atoms with van der Waals surface area (Å²) < 4.78 is 0. The van der Waals surface area contributed by atoms with E-state index in [-0.39, 0.29) is 0 Å². The maximum Gasteiger partial charge on any atom is -0.00150 e. The van der Waals surface area contributed by atoms with Crippen LogP contribution in [0.25, 0.3) is 32.3 Å². The summed E-state index contributed by atoms with van der Waals surface area (Å²) in [6.07, 6.45) is 53.3. The molecule has 0 aliphatic heterocycles. The predicted octanol–water partition coefficient (Wildman–Crippen LogP) is 22.2. The van der Waals surface area contributed by atoms with Gasteiger partial charge in [0.1, 0.15) is 0 Å². The van der Waals surface area contributed by atoms with Gasteiger partial charge in [0, 0.05) is 0 Å². The molecule has 4 rings (SSSR count). The van der Waals surface area contributed by atoms with E-state index < -0.39 is 0 Å². The molecule has 4 aromatic rings. The van der Waals surface area contributed by atoms with E-state index in [2.05, 4.69) is 69.2 Å². The highest BCUT2D eigenvalue weighted by Gasteiger charge is 2.31. The van der Waals surface area contributed by atoms with Gasteiger partial charge in [0.25, 0.3) is 0 Å². The van der Waals surface area contributed by atoms with Gasteiger partial charge in [-0.1, -0.05) is 209 Å². The molecule has 0 spiro atoms. The summed E-state index contributed by atoms with van der Waals surface area (Å²) in [5.41, 5.74) is 18.0. The molecule has 0 heterocycles. The van der Waals surface area contributed by atoms with Crippen LogP contribution < -0.4 is 0 Å². The Hall–Kier alpha value is -2.08. The van der Waals surface area contributed by atoms with Crippen molar-refractivity contribution in [1.29, 1.82) is 0 Å². The molecule has 0 bridgehead atoms. The third kappa shape index (κ3) is 15.5. The minimum Gasteiger partial charge on any atom is -0.0654 e. The fourth-order valence-electron chi connectivity index (χ4n) is 12.7. The maximum absolute atomic E-state index is 2.66. The van der Waals surface area contributed by atoms with E-state index in [0.29, 0.717) is 0 Å². The second kappa shape index (κ2) is 32.7. The first kappa shape index (κ1) is 56.5. The average molecular weight is 904 g/mol. The van der Waals surface area contributed by atoms with Gasteiger partial charge in [-0.25, -0.2) is 0 Å². The van der Waals surface area contributed by atoms with Crippen molar-refractivity contribution >= 4 is 32.3 Å². The number of aryl methyl sites for hydroxylation is 8. The standard InChI is InChI=1S/C66H110/c1-11-19-27-35-43-53-51(9)61-57(47-39-31-23-15-5)58(48-40-32-24-16-6)62-52(10)54(44-36-28-20-12-2)56(46-38-30-22-14-4)64-60(50-42-34-26-18-8)59(49-41-33-25-17-7)63(65(61)66(62)64)55(53)45-37-29-21-13-3/h11-50H2,1-10H3.